The van der Waals surface area contributed by atoms with Crippen LogP contribution in [0.3, 0.4) is 0 Å². The fraction of sp³-hybridized carbons (Fsp3) is 0.364. The van der Waals surface area contributed by atoms with Gasteiger partial charge in [-0.2, -0.15) is 0 Å². The number of aliphatic hydroxyl groups is 1. The molecule has 0 radical (unpaired) electrons. The highest BCUT2D eigenvalue weighted by Crippen LogP contribution is 2.17. The average Bonchev–Trinajstić information content (AvgIpc) is 2.17. The van der Waals surface area contributed by atoms with Crippen LogP contribution in [0.5, 0.6) is 0 Å². The predicted octanol–water partition coefficient (Wildman–Crippen LogP) is 0.522. The van der Waals surface area contributed by atoms with E-state index in [1.165, 1.54) is 0 Å². The third kappa shape index (κ3) is 2.70. The zero-order chi connectivity index (χ0) is 11.4. The minimum Gasteiger partial charge on any atom is -0.395 e. The van der Waals surface area contributed by atoms with Crippen molar-refractivity contribution in [1.82, 2.24) is 0 Å². The van der Waals surface area contributed by atoms with Crippen LogP contribution in [-0.4, -0.2) is 31.2 Å². The minimum absolute atomic E-state index is 0.104. The first kappa shape index (κ1) is 11.5. The second-order valence-electron chi connectivity index (χ2n) is 3.51. The van der Waals surface area contributed by atoms with E-state index in [-0.39, 0.29) is 6.61 Å². The third-order valence-electron chi connectivity index (χ3n) is 2.35. The number of rotatable bonds is 4. The monoisotopic (exact) mass is 208 g/mol. The molecule has 0 spiro atoms. The maximum atomic E-state index is 11.0. The highest BCUT2D eigenvalue weighted by Gasteiger charge is 2.07. The summed E-state index contributed by atoms with van der Waals surface area (Å²) in [7, 11) is 1.88. The fourth-order valence-corrected chi connectivity index (χ4v) is 1.44. The lowest BCUT2D eigenvalue weighted by atomic mass is 10.1. The highest BCUT2D eigenvalue weighted by molar-refractivity contribution is 5.94. The standard InChI is InChI=1S/C11H16N2O2/c1-8-7-9(13(2)5-6-14)3-4-10(8)11(12)15/h3-4,7,14H,5-6H2,1-2H3,(H2,12,15). The Morgan fingerprint density at radius 2 is 2.20 bits per heavy atom. The normalized spacial score (nSPS) is 10.1. The Hall–Kier alpha value is -1.55. The van der Waals surface area contributed by atoms with E-state index in [2.05, 4.69) is 0 Å². The van der Waals surface area contributed by atoms with Crippen LogP contribution in [0.1, 0.15) is 15.9 Å². The molecular weight excluding hydrogens is 192 g/mol. The van der Waals surface area contributed by atoms with Crippen LogP contribution in [0.25, 0.3) is 0 Å². The van der Waals surface area contributed by atoms with E-state index in [4.69, 9.17) is 10.8 Å². The van der Waals surface area contributed by atoms with Crippen LogP contribution < -0.4 is 10.6 Å². The topological polar surface area (TPSA) is 66.6 Å². The van der Waals surface area contributed by atoms with Crippen molar-refractivity contribution in [1.29, 1.82) is 0 Å². The Morgan fingerprint density at radius 1 is 1.53 bits per heavy atom. The maximum Gasteiger partial charge on any atom is 0.248 e. The van der Waals surface area contributed by atoms with Gasteiger partial charge < -0.3 is 15.7 Å². The summed E-state index contributed by atoms with van der Waals surface area (Å²) >= 11 is 0. The lowest BCUT2D eigenvalue weighted by molar-refractivity contribution is 0.0999. The van der Waals surface area contributed by atoms with E-state index in [1.54, 1.807) is 6.07 Å². The molecule has 82 valence electrons. The van der Waals surface area contributed by atoms with Crippen LogP contribution >= 0.6 is 0 Å². The molecule has 1 aromatic carbocycles. The molecule has 0 aromatic heterocycles. The smallest absolute Gasteiger partial charge is 0.248 e. The summed E-state index contributed by atoms with van der Waals surface area (Å²) in [5, 5.41) is 8.79. The van der Waals surface area contributed by atoms with E-state index >= 15 is 0 Å². The van der Waals surface area contributed by atoms with E-state index in [0.29, 0.717) is 12.1 Å². The Morgan fingerprint density at radius 3 is 2.67 bits per heavy atom. The van der Waals surface area contributed by atoms with Gasteiger partial charge in [0.15, 0.2) is 0 Å². The van der Waals surface area contributed by atoms with Crippen LogP contribution in [0, 0.1) is 6.92 Å². The summed E-state index contributed by atoms with van der Waals surface area (Å²) in [6.45, 7) is 2.51. The number of hydrogen-bond donors (Lipinski definition) is 2. The van der Waals surface area contributed by atoms with Crippen molar-refractivity contribution in [2.45, 2.75) is 6.92 Å². The van der Waals surface area contributed by atoms with Gasteiger partial charge in [0.05, 0.1) is 6.61 Å². The molecule has 0 unspecified atom stereocenters. The first-order valence-corrected chi connectivity index (χ1v) is 4.78. The Bertz CT molecular complexity index is 364. The van der Waals surface area contributed by atoms with Crippen molar-refractivity contribution in [2.75, 3.05) is 25.1 Å². The van der Waals surface area contributed by atoms with Gasteiger partial charge in [-0.15, -0.1) is 0 Å². The molecule has 3 N–H and O–H groups in total. The minimum atomic E-state index is -0.413. The second kappa shape index (κ2) is 4.79. The molecule has 1 rings (SSSR count). The second-order valence-corrected chi connectivity index (χ2v) is 3.51. The number of anilines is 1. The molecule has 0 saturated heterocycles. The Labute approximate surface area is 89.3 Å². The summed E-state index contributed by atoms with van der Waals surface area (Å²) < 4.78 is 0. The number of hydrogen-bond acceptors (Lipinski definition) is 3. The van der Waals surface area contributed by atoms with Crippen molar-refractivity contribution in [3.05, 3.63) is 29.3 Å². The number of likely N-dealkylation sites (N-methyl/N-ethyl adjacent to an activating group) is 1. The zero-order valence-electron chi connectivity index (χ0n) is 9.03. The SMILES string of the molecule is Cc1cc(N(C)CCO)ccc1C(N)=O. The molecule has 0 aliphatic rings. The molecule has 1 amide bonds. The first-order chi connectivity index (χ1) is 7.06. The summed E-state index contributed by atoms with van der Waals surface area (Å²) in [5.74, 6) is -0.413. The lowest BCUT2D eigenvalue weighted by Gasteiger charge is -2.18. The molecule has 0 heterocycles. The molecule has 0 aliphatic carbocycles. The van der Waals surface area contributed by atoms with Gasteiger partial charge in [-0.25, -0.2) is 0 Å². The molecule has 0 fully saturated rings. The molecule has 0 bridgehead atoms. The van der Waals surface area contributed by atoms with Crippen molar-refractivity contribution < 1.29 is 9.90 Å². The van der Waals surface area contributed by atoms with Gasteiger partial charge in [-0.3, -0.25) is 4.79 Å². The molecule has 0 saturated carbocycles. The van der Waals surface area contributed by atoms with E-state index in [0.717, 1.165) is 11.3 Å². The largest absolute Gasteiger partial charge is 0.395 e. The Balaban J connectivity index is 2.96. The summed E-state index contributed by atoms with van der Waals surface area (Å²) in [4.78, 5) is 12.9. The molecule has 1 aromatic rings. The van der Waals surface area contributed by atoms with Crippen molar-refractivity contribution in [3.8, 4) is 0 Å². The van der Waals surface area contributed by atoms with Gasteiger partial charge in [0.2, 0.25) is 5.91 Å². The lowest BCUT2D eigenvalue weighted by Crippen LogP contribution is -2.21. The summed E-state index contributed by atoms with van der Waals surface area (Å²) in [6.07, 6.45) is 0. The predicted molar refractivity (Wildman–Crippen MR) is 60.1 cm³/mol. The van der Waals surface area contributed by atoms with Crippen molar-refractivity contribution in [2.24, 2.45) is 5.73 Å². The number of nitrogens with two attached hydrogens (primary N) is 1. The van der Waals surface area contributed by atoms with E-state index in [1.807, 2.05) is 31.0 Å². The Kier molecular flexibility index (Phi) is 3.68. The number of nitrogens with zero attached hydrogens (tertiary/aromatic N) is 1. The quantitative estimate of drug-likeness (QED) is 0.758. The number of benzene rings is 1. The van der Waals surface area contributed by atoms with Gasteiger partial charge in [-0.05, 0) is 30.7 Å². The van der Waals surface area contributed by atoms with Gasteiger partial charge in [0.1, 0.15) is 0 Å². The molecule has 4 nitrogen and oxygen atoms in total. The van der Waals surface area contributed by atoms with E-state index < -0.39 is 5.91 Å². The molecule has 15 heavy (non-hydrogen) atoms. The zero-order valence-corrected chi connectivity index (χ0v) is 9.03. The highest BCUT2D eigenvalue weighted by atomic mass is 16.3. The number of primary amides is 1. The summed E-state index contributed by atoms with van der Waals surface area (Å²) in [6, 6.07) is 5.42. The molecule has 4 heteroatoms. The van der Waals surface area contributed by atoms with Gasteiger partial charge in [0, 0.05) is 24.8 Å². The summed E-state index contributed by atoms with van der Waals surface area (Å²) in [5.41, 5.74) is 7.56. The van der Waals surface area contributed by atoms with Crippen LogP contribution in [0.4, 0.5) is 5.69 Å². The number of carbonyl (C=O) groups excluding carboxylic acids is 1. The van der Waals surface area contributed by atoms with Crippen LogP contribution in [-0.2, 0) is 0 Å². The number of aryl methyl sites for hydroxylation is 1. The van der Waals surface area contributed by atoms with E-state index in [9.17, 15) is 4.79 Å². The molecule has 0 aliphatic heterocycles. The van der Waals surface area contributed by atoms with Gasteiger partial charge in [-0.1, -0.05) is 0 Å². The van der Waals surface area contributed by atoms with Crippen molar-refractivity contribution >= 4 is 11.6 Å². The molecular formula is C11H16N2O2. The van der Waals surface area contributed by atoms with Crippen LogP contribution in [0.15, 0.2) is 18.2 Å². The maximum absolute atomic E-state index is 11.0. The van der Waals surface area contributed by atoms with Crippen LogP contribution in [0.2, 0.25) is 0 Å². The molecule has 0 atom stereocenters. The third-order valence-corrected chi connectivity index (χ3v) is 2.35. The fourth-order valence-electron chi connectivity index (χ4n) is 1.44. The average molecular weight is 208 g/mol. The number of aliphatic hydroxyl groups excluding tert-OH is 1. The van der Waals surface area contributed by atoms with Crippen molar-refractivity contribution in [3.63, 3.8) is 0 Å². The number of carbonyl (C=O) groups is 1. The first-order valence-electron chi connectivity index (χ1n) is 4.78. The van der Waals surface area contributed by atoms with Gasteiger partial charge in [0.25, 0.3) is 0 Å². The van der Waals surface area contributed by atoms with Gasteiger partial charge >= 0.3 is 0 Å². The number of amides is 1.